The first-order chi connectivity index (χ1) is 11.3. The number of likely N-dealkylation sites (N-methyl/N-ethyl adjacent to an activating group) is 1. The predicted molar refractivity (Wildman–Crippen MR) is 87.6 cm³/mol. The molecule has 0 radical (unpaired) electrons. The highest BCUT2D eigenvalue weighted by atomic mass is 19.4. The second kappa shape index (κ2) is 7.49. The molecule has 24 heavy (non-hydrogen) atoms. The summed E-state index contributed by atoms with van der Waals surface area (Å²) < 4.78 is 39.0. The van der Waals surface area contributed by atoms with Gasteiger partial charge in [-0.25, -0.2) is 0 Å². The summed E-state index contributed by atoms with van der Waals surface area (Å²) in [6.07, 6.45) is -4.40. The average molecular weight is 336 g/mol. The molecule has 0 aliphatic carbocycles. The number of hydrogen-bond donors (Lipinski definition) is 1. The van der Waals surface area contributed by atoms with Crippen molar-refractivity contribution >= 4 is 11.6 Å². The Morgan fingerprint density at radius 1 is 1.08 bits per heavy atom. The average Bonchev–Trinajstić information content (AvgIpc) is 2.49. The third kappa shape index (κ3) is 4.83. The van der Waals surface area contributed by atoms with E-state index in [2.05, 4.69) is 5.32 Å². The standard InChI is InChI=1S/C18H19F3N2O/c1-13-7-3-6-10-16(13)22-17(24)12-23(2)11-14-8-4-5-9-15(14)18(19,20)21/h3-10H,11-12H2,1-2H3,(H,22,24). The molecule has 0 saturated heterocycles. The number of hydrogen-bond acceptors (Lipinski definition) is 2. The fourth-order valence-electron chi connectivity index (χ4n) is 2.43. The number of halogens is 3. The van der Waals surface area contributed by atoms with E-state index in [1.54, 1.807) is 24.1 Å². The van der Waals surface area contributed by atoms with Crippen LogP contribution in [-0.2, 0) is 17.5 Å². The van der Waals surface area contributed by atoms with E-state index < -0.39 is 11.7 Å². The predicted octanol–water partition coefficient (Wildman–Crippen LogP) is 4.08. The van der Waals surface area contributed by atoms with Gasteiger partial charge in [-0.2, -0.15) is 13.2 Å². The van der Waals surface area contributed by atoms with Crippen LogP contribution in [0.25, 0.3) is 0 Å². The first kappa shape index (κ1) is 18.0. The van der Waals surface area contributed by atoms with E-state index in [1.165, 1.54) is 12.1 Å². The SMILES string of the molecule is Cc1ccccc1NC(=O)CN(C)Cc1ccccc1C(F)(F)F. The van der Waals surface area contributed by atoms with E-state index >= 15 is 0 Å². The lowest BCUT2D eigenvalue weighted by Gasteiger charge is -2.19. The number of rotatable bonds is 5. The number of carbonyl (C=O) groups is 1. The number of nitrogens with zero attached hydrogens (tertiary/aromatic N) is 1. The summed E-state index contributed by atoms with van der Waals surface area (Å²) in [4.78, 5) is 13.6. The molecule has 0 aliphatic heterocycles. The molecule has 0 aromatic heterocycles. The lowest BCUT2D eigenvalue weighted by molar-refractivity contribution is -0.138. The lowest BCUT2D eigenvalue weighted by Crippen LogP contribution is -2.30. The molecule has 0 unspecified atom stereocenters. The van der Waals surface area contributed by atoms with Crippen molar-refractivity contribution in [1.29, 1.82) is 0 Å². The molecule has 1 N–H and O–H groups in total. The molecule has 6 heteroatoms. The quantitative estimate of drug-likeness (QED) is 0.892. The maximum atomic E-state index is 13.0. The highest BCUT2D eigenvalue weighted by molar-refractivity contribution is 5.92. The van der Waals surface area contributed by atoms with Gasteiger partial charge in [-0.15, -0.1) is 0 Å². The van der Waals surface area contributed by atoms with Gasteiger partial charge in [-0.1, -0.05) is 36.4 Å². The monoisotopic (exact) mass is 336 g/mol. The first-order valence-corrected chi connectivity index (χ1v) is 7.46. The largest absolute Gasteiger partial charge is 0.416 e. The Balaban J connectivity index is 2.00. The van der Waals surface area contributed by atoms with Gasteiger partial charge >= 0.3 is 6.18 Å². The van der Waals surface area contributed by atoms with Crippen LogP contribution in [0.15, 0.2) is 48.5 Å². The summed E-state index contributed by atoms with van der Waals surface area (Å²) in [6.45, 7) is 1.91. The number of carbonyl (C=O) groups excluding carboxylic acids is 1. The molecule has 0 saturated carbocycles. The van der Waals surface area contributed by atoms with Gasteiger partial charge in [0.1, 0.15) is 0 Å². The van der Waals surface area contributed by atoms with E-state index in [-0.39, 0.29) is 24.6 Å². The van der Waals surface area contributed by atoms with E-state index in [0.717, 1.165) is 11.6 Å². The number of para-hydroxylation sites is 1. The molecule has 2 aromatic rings. The van der Waals surface area contributed by atoms with E-state index in [9.17, 15) is 18.0 Å². The molecule has 3 nitrogen and oxygen atoms in total. The summed E-state index contributed by atoms with van der Waals surface area (Å²) in [5.41, 5.74) is 1.11. The summed E-state index contributed by atoms with van der Waals surface area (Å²) in [7, 11) is 1.62. The maximum Gasteiger partial charge on any atom is 0.416 e. The number of nitrogens with one attached hydrogen (secondary N) is 1. The fraction of sp³-hybridized carbons (Fsp3) is 0.278. The van der Waals surface area contributed by atoms with Gasteiger partial charge in [0.2, 0.25) is 5.91 Å². The van der Waals surface area contributed by atoms with Crippen LogP contribution in [-0.4, -0.2) is 24.4 Å². The van der Waals surface area contributed by atoms with Crippen molar-refractivity contribution in [3.63, 3.8) is 0 Å². The molecule has 2 rings (SSSR count). The van der Waals surface area contributed by atoms with Crippen LogP contribution in [0, 0.1) is 6.92 Å². The molecule has 2 aromatic carbocycles. The zero-order chi connectivity index (χ0) is 17.7. The third-order valence-corrected chi connectivity index (χ3v) is 3.60. The van der Waals surface area contributed by atoms with Gasteiger partial charge in [0.05, 0.1) is 12.1 Å². The molecule has 0 heterocycles. The van der Waals surface area contributed by atoms with Crippen LogP contribution in [0.5, 0.6) is 0 Å². The molecule has 0 atom stereocenters. The van der Waals surface area contributed by atoms with Crippen molar-refractivity contribution in [1.82, 2.24) is 4.90 Å². The van der Waals surface area contributed by atoms with Gasteiger partial charge in [0.25, 0.3) is 0 Å². The van der Waals surface area contributed by atoms with E-state index in [0.29, 0.717) is 5.69 Å². The zero-order valence-electron chi connectivity index (χ0n) is 13.5. The number of alkyl halides is 3. The Morgan fingerprint density at radius 3 is 2.38 bits per heavy atom. The minimum atomic E-state index is -4.40. The molecule has 0 bridgehead atoms. The second-order valence-electron chi connectivity index (χ2n) is 5.69. The number of amides is 1. The molecule has 0 spiro atoms. The molecule has 0 aliphatic rings. The Labute approximate surface area is 139 Å². The van der Waals surface area contributed by atoms with Crippen LogP contribution in [0.1, 0.15) is 16.7 Å². The van der Waals surface area contributed by atoms with Gasteiger partial charge in [0, 0.05) is 12.2 Å². The molecule has 0 fully saturated rings. The Morgan fingerprint density at radius 2 is 1.71 bits per heavy atom. The molecular formula is C18H19F3N2O. The maximum absolute atomic E-state index is 13.0. The van der Waals surface area contributed by atoms with E-state index in [1.807, 2.05) is 25.1 Å². The van der Waals surface area contributed by atoms with Gasteiger partial charge < -0.3 is 5.32 Å². The van der Waals surface area contributed by atoms with Crippen molar-refractivity contribution < 1.29 is 18.0 Å². The number of aryl methyl sites for hydroxylation is 1. The van der Waals surface area contributed by atoms with Crippen LogP contribution < -0.4 is 5.32 Å². The molecular weight excluding hydrogens is 317 g/mol. The topological polar surface area (TPSA) is 32.3 Å². The minimum absolute atomic E-state index is 0.000522. The Hall–Kier alpha value is -2.34. The molecule has 1 amide bonds. The third-order valence-electron chi connectivity index (χ3n) is 3.60. The second-order valence-corrected chi connectivity index (χ2v) is 5.69. The zero-order valence-corrected chi connectivity index (χ0v) is 13.5. The van der Waals surface area contributed by atoms with Crippen LogP contribution in [0.4, 0.5) is 18.9 Å². The Kier molecular flexibility index (Phi) is 5.62. The van der Waals surface area contributed by atoms with Crippen molar-refractivity contribution in [3.05, 3.63) is 65.2 Å². The van der Waals surface area contributed by atoms with E-state index in [4.69, 9.17) is 0 Å². The van der Waals surface area contributed by atoms with Gasteiger partial charge in [0.15, 0.2) is 0 Å². The van der Waals surface area contributed by atoms with Crippen molar-refractivity contribution in [2.45, 2.75) is 19.6 Å². The summed E-state index contributed by atoms with van der Waals surface area (Å²) in [6, 6.07) is 12.7. The normalized spacial score (nSPS) is 11.6. The van der Waals surface area contributed by atoms with Crippen molar-refractivity contribution in [3.8, 4) is 0 Å². The summed E-state index contributed by atoms with van der Waals surface area (Å²) >= 11 is 0. The first-order valence-electron chi connectivity index (χ1n) is 7.46. The van der Waals surface area contributed by atoms with Gasteiger partial charge in [-0.3, -0.25) is 9.69 Å². The molecule has 128 valence electrons. The lowest BCUT2D eigenvalue weighted by atomic mass is 10.1. The highest BCUT2D eigenvalue weighted by Gasteiger charge is 2.33. The van der Waals surface area contributed by atoms with Crippen molar-refractivity contribution in [2.24, 2.45) is 0 Å². The number of anilines is 1. The minimum Gasteiger partial charge on any atom is -0.325 e. The smallest absolute Gasteiger partial charge is 0.325 e. The van der Waals surface area contributed by atoms with Crippen molar-refractivity contribution in [2.75, 3.05) is 18.9 Å². The van der Waals surface area contributed by atoms with Crippen LogP contribution in [0.3, 0.4) is 0 Å². The number of benzene rings is 2. The van der Waals surface area contributed by atoms with Crippen LogP contribution in [0.2, 0.25) is 0 Å². The highest BCUT2D eigenvalue weighted by Crippen LogP contribution is 2.32. The van der Waals surface area contributed by atoms with Gasteiger partial charge in [-0.05, 0) is 37.2 Å². The van der Waals surface area contributed by atoms with Crippen LogP contribution >= 0.6 is 0 Å². The summed E-state index contributed by atoms with van der Waals surface area (Å²) in [5, 5.41) is 2.77. The Bertz CT molecular complexity index is 713. The fourth-order valence-corrected chi connectivity index (χ4v) is 2.43. The summed E-state index contributed by atoms with van der Waals surface area (Å²) in [5.74, 6) is -0.267.